The average Bonchev–Trinajstić information content (AvgIpc) is 2.47. The molecule has 5 heteroatoms. The molecule has 0 saturated carbocycles. The van der Waals surface area contributed by atoms with E-state index in [0.29, 0.717) is 12.7 Å². The van der Waals surface area contributed by atoms with Gasteiger partial charge in [0, 0.05) is 5.92 Å². The van der Waals surface area contributed by atoms with Gasteiger partial charge in [0.05, 0.1) is 13.2 Å². The van der Waals surface area contributed by atoms with Crippen molar-refractivity contribution in [2.45, 2.75) is 59.8 Å². The maximum absolute atomic E-state index is 12.2. The number of aldehydes is 1. The normalized spacial score (nSPS) is 12.6. The summed E-state index contributed by atoms with van der Waals surface area (Å²) < 4.78 is 9.97. The van der Waals surface area contributed by atoms with E-state index >= 15 is 0 Å². The standard InChI is InChI=1S/C16H28O5/c1-5-8-9-10-11-13(12-17)16(4,14(18)20-6-2)15(19)21-7-3/h12-13H,5-11H2,1-4H3/t13-/m0/s1. The van der Waals surface area contributed by atoms with Crippen LogP contribution in [0.25, 0.3) is 0 Å². The van der Waals surface area contributed by atoms with Crippen molar-refractivity contribution in [3.63, 3.8) is 0 Å². The second-order valence-corrected chi connectivity index (χ2v) is 5.24. The third-order valence-electron chi connectivity index (χ3n) is 3.67. The van der Waals surface area contributed by atoms with Crippen LogP contribution in [0.5, 0.6) is 0 Å². The van der Waals surface area contributed by atoms with Gasteiger partial charge in [0.25, 0.3) is 0 Å². The minimum absolute atomic E-state index is 0.162. The Bertz CT molecular complexity index is 320. The number of hydrogen-bond donors (Lipinski definition) is 0. The highest BCUT2D eigenvalue weighted by Gasteiger charge is 2.50. The third-order valence-corrected chi connectivity index (χ3v) is 3.67. The lowest BCUT2D eigenvalue weighted by Crippen LogP contribution is -2.46. The van der Waals surface area contributed by atoms with Crippen molar-refractivity contribution >= 4 is 18.2 Å². The zero-order chi connectivity index (χ0) is 16.3. The Morgan fingerprint density at radius 3 is 1.90 bits per heavy atom. The second kappa shape index (κ2) is 10.4. The summed E-state index contributed by atoms with van der Waals surface area (Å²) >= 11 is 0. The summed E-state index contributed by atoms with van der Waals surface area (Å²) in [4.78, 5) is 35.8. The Labute approximate surface area is 127 Å². The molecule has 0 aliphatic heterocycles. The van der Waals surface area contributed by atoms with E-state index in [1.54, 1.807) is 13.8 Å². The fourth-order valence-corrected chi connectivity index (χ4v) is 2.23. The highest BCUT2D eigenvalue weighted by molar-refractivity contribution is 6.02. The molecule has 0 amide bonds. The molecule has 0 saturated heterocycles. The Kier molecular flexibility index (Phi) is 9.67. The van der Waals surface area contributed by atoms with E-state index in [2.05, 4.69) is 6.92 Å². The monoisotopic (exact) mass is 300 g/mol. The SMILES string of the molecule is CCCCCC[C@@H](C=O)C(C)(C(=O)OCC)C(=O)OCC. The van der Waals surface area contributed by atoms with Gasteiger partial charge in [-0.2, -0.15) is 0 Å². The van der Waals surface area contributed by atoms with Gasteiger partial charge in [0.2, 0.25) is 0 Å². The van der Waals surface area contributed by atoms with Gasteiger partial charge in [0.15, 0.2) is 5.41 Å². The van der Waals surface area contributed by atoms with E-state index in [1.165, 1.54) is 6.92 Å². The first kappa shape index (κ1) is 19.6. The fourth-order valence-electron chi connectivity index (χ4n) is 2.23. The summed E-state index contributed by atoms with van der Waals surface area (Å²) in [5.74, 6) is -2.08. The minimum Gasteiger partial charge on any atom is -0.465 e. The topological polar surface area (TPSA) is 69.7 Å². The smallest absolute Gasteiger partial charge is 0.323 e. The van der Waals surface area contributed by atoms with Crippen LogP contribution < -0.4 is 0 Å². The number of esters is 2. The fraction of sp³-hybridized carbons (Fsp3) is 0.812. The number of hydrogen-bond acceptors (Lipinski definition) is 5. The van der Waals surface area contributed by atoms with Gasteiger partial charge >= 0.3 is 11.9 Å². The Balaban J connectivity index is 5.08. The number of rotatable bonds is 11. The molecular formula is C16H28O5. The molecule has 5 nitrogen and oxygen atoms in total. The first-order valence-corrected chi connectivity index (χ1v) is 7.78. The number of ether oxygens (including phenoxy) is 2. The Hall–Kier alpha value is -1.39. The molecule has 0 spiro atoms. The van der Waals surface area contributed by atoms with Crippen LogP contribution in [-0.2, 0) is 23.9 Å². The van der Waals surface area contributed by atoms with E-state index in [9.17, 15) is 14.4 Å². The zero-order valence-electron chi connectivity index (χ0n) is 13.6. The van der Waals surface area contributed by atoms with Gasteiger partial charge in [-0.25, -0.2) is 0 Å². The molecule has 21 heavy (non-hydrogen) atoms. The Morgan fingerprint density at radius 1 is 1.00 bits per heavy atom. The first-order valence-electron chi connectivity index (χ1n) is 7.78. The lowest BCUT2D eigenvalue weighted by molar-refractivity contribution is -0.176. The van der Waals surface area contributed by atoms with Gasteiger partial charge < -0.3 is 14.3 Å². The molecule has 0 unspecified atom stereocenters. The van der Waals surface area contributed by atoms with Gasteiger partial charge in [-0.15, -0.1) is 0 Å². The van der Waals surface area contributed by atoms with Gasteiger partial charge in [-0.1, -0.05) is 32.6 Å². The minimum atomic E-state index is -1.56. The molecule has 0 aliphatic carbocycles. The van der Waals surface area contributed by atoms with E-state index in [4.69, 9.17) is 9.47 Å². The summed E-state index contributed by atoms with van der Waals surface area (Å²) in [5.41, 5.74) is -1.56. The maximum atomic E-state index is 12.2. The highest BCUT2D eigenvalue weighted by atomic mass is 16.6. The molecule has 122 valence electrons. The number of unbranched alkanes of at least 4 members (excludes halogenated alkanes) is 3. The van der Waals surface area contributed by atoms with Crippen molar-refractivity contribution in [1.29, 1.82) is 0 Å². The van der Waals surface area contributed by atoms with E-state index in [0.717, 1.165) is 25.7 Å². The molecule has 0 heterocycles. The molecule has 0 N–H and O–H groups in total. The van der Waals surface area contributed by atoms with Crippen LogP contribution in [0.3, 0.4) is 0 Å². The number of carbonyl (C=O) groups is 3. The summed E-state index contributed by atoms with van der Waals surface area (Å²) in [5, 5.41) is 0. The van der Waals surface area contributed by atoms with E-state index in [-0.39, 0.29) is 13.2 Å². The molecule has 0 aromatic rings. The predicted octanol–water partition coefficient (Wildman–Crippen LogP) is 2.90. The van der Waals surface area contributed by atoms with Crippen molar-refractivity contribution in [3.05, 3.63) is 0 Å². The molecule has 0 aromatic carbocycles. The summed E-state index contributed by atoms with van der Waals surface area (Å²) in [6.45, 7) is 7.20. The van der Waals surface area contributed by atoms with Crippen LogP contribution >= 0.6 is 0 Å². The molecular weight excluding hydrogens is 272 g/mol. The van der Waals surface area contributed by atoms with Crippen LogP contribution in [0.2, 0.25) is 0 Å². The number of carbonyl (C=O) groups excluding carboxylic acids is 3. The van der Waals surface area contributed by atoms with Crippen LogP contribution in [0.15, 0.2) is 0 Å². The lowest BCUT2D eigenvalue weighted by atomic mass is 9.75. The van der Waals surface area contributed by atoms with Crippen LogP contribution in [0.4, 0.5) is 0 Å². The lowest BCUT2D eigenvalue weighted by Gasteiger charge is -2.30. The van der Waals surface area contributed by atoms with Crippen molar-refractivity contribution in [2.75, 3.05) is 13.2 Å². The largest absolute Gasteiger partial charge is 0.465 e. The van der Waals surface area contributed by atoms with Crippen LogP contribution in [0.1, 0.15) is 59.8 Å². The summed E-state index contributed by atoms with van der Waals surface area (Å²) in [6.07, 6.45) is 5.09. The first-order chi connectivity index (χ1) is 9.98. The highest BCUT2D eigenvalue weighted by Crippen LogP contribution is 2.33. The van der Waals surface area contributed by atoms with Gasteiger partial charge in [-0.05, 0) is 27.2 Å². The molecule has 0 rings (SSSR count). The quantitative estimate of drug-likeness (QED) is 0.254. The Morgan fingerprint density at radius 2 is 1.52 bits per heavy atom. The molecule has 0 fully saturated rings. The van der Waals surface area contributed by atoms with Crippen LogP contribution in [0, 0.1) is 11.3 Å². The van der Waals surface area contributed by atoms with Crippen molar-refractivity contribution in [2.24, 2.45) is 11.3 Å². The molecule has 0 aliphatic rings. The van der Waals surface area contributed by atoms with Crippen molar-refractivity contribution in [3.8, 4) is 0 Å². The predicted molar refractivity (Wildman–Crippen MR) is 79.7 cm³/mol. The molecule has 1 atom stereocenters. The molecule has 0 bridgehead atoms. The molecule has 0 aromatic heterocycles. The van der Waals surface area contributed by atoms with Crippen molar-refractivity contribution < 1.29 is 23.9 Å². The van der Waals surface area contributed by atoms with Gasteiger partial charge in [0.1, 0.15) is 6.29 Å². The van der Waals surface area contributed by atoms with Crippen molar-refractivity contribution in [1.82, 2.24) is 0 Å². The van der Waals surface area contributed by atoms with E-state index in [1.807, 2.05) is 0 Å². The average molecular weight is 300 g/mol. The zero-order valence-corrected chi connectivity index (χ0v) is 13.6. The van der Waals surface area contributed by atoms with Crippen LogP contribution in [-0.4, -0.2) is 31.4 Å². The third kappa shape index (κ3) is 5.48. The maximum Gasteiger partial charge on any atom is 0.323 e. The summed E-state index contributed by atoms with van der Waals surface area (Å²) in [6, 6.07) is 0. The summed E-state index contributed by atoms with van der Waals surface area (Å²) in [7, 11) is 0. The second-order valence-electron chi connectivity index (χ2n) is 5.24. The molecule has 0 radical (unpaired) electrons. The van der Waals surface area contributed by atoms with E-state index < -0.39 is 23.3 Å². The van der Waals surface area contributed by atoms with Gasteiger partial charge in [-0.3, -0.25) is 9.59 Å².